The van der Waals surface area contributed by atoms with Crippen molar-refractivity contribution in [1.29, 1.82) is 0 Å². The van der Waals surface area contributed by atoms with Crippen LogP contribution in [-0.4, -0.2) is 23.5 Å². The summed E-state index contributed by atoms with van der Waals surface area (Å²) in [6.07, 6.45) is 1.61. The molecule has 168 valence electrons. The van der Waals surface area contributed by atoms with E-state index in [1.807, 2.05) is 18.2 Å². The number of hydrogen-bond acceptors (Lipinski definition) is 3. The Morgan fingerprint density at radius 2 is 1.48 bits per heavy atom. The minimum atomic E-state index is -0.455. The first-order valence-electron chi connectivity index (χ1n) is 10.8. The zero-order valence-electron chi connectivity index (χ0n) is 19.6. The number of phenols is 1. The average molecular weight is 425 g/mol. The molecule has 0 atom stereocenters. The lowest BCUT2D eigenvalue weighted by molar-refractivity contribution is -0.121. The summed E-state index contributed by atoms with van der Waals surface area (Å²) in [5, 5.41) is 13.8. The molecule has 0 saturated carbocycles. The molecule has 0 aliphatic rings. The van der Waals surface area contributed by atoms with E-state index in [-0.39, 0.29) is 16.7 Å². The van der Waals surface area contributed by atoms with Crippen molar-refractivity contribution in [2.75, 3.05) is 6.54 Å². The number of rotatable bonds is 7. The van der Waals surface area contributed by atoms with Gasteiger partial charge in [0, 0.05) is 18.5 Å². The lowest BCUT2D eigenvalue weighted by Crippen LogP contribution is -2.26. The maximum absolute atomic E-state index is 12.4. The van der Waals surface area contributed by atoms with Gasteiger partial charge in [-0.25, -0.2) is 0 Å². The molecule has 2 aromatic carbocycles. The van der Waals surface area contributed by atoms with Gasteiger partial charge in [-0.1, -0.05) is 65.8 Å². The maximum atomic E-state index is 12.4. The Morgan fingerprint density at radius 3 is 2.00 bits per heavy atom. The van der Waals surface area contributed by atoms with Crippen LogP contribution in [0.5, 0.6) is 5.75 Å². The number of carbonyl (C=O) groups excluding carboxylic acids is 2. The zero-order valence-corrected chi connectivity index (χ0v) is 19.6. The molecule has 0 saturated heterocycles. The van der Waals surface area contributed by atoms with Crippen LogP contribution < -0.4 is 11.1 Å². The fourth-order valence-corrected chi connectivity index (χ4v) is 3.55. The van der Waals surface area contributed by atoms with Crippen LogP contribution >= 0.6 is 0 Å². The van der Waals surface area contributed by atoms with Crippen molar-refractivity contribution in [3.05, 3.63) is 64.2 Å². The van der Waals surface area contributed by atoms with Gasteiger partial charge in [-0.2, -0.15) is 0 Å². The van der Waals surface area contributed by atoms with E-state index in [1.54, 1.807) is 18.2 Å². The topological polar surface area (TPSA) is 92.4 Å². The van der Waals surface area contributed by atoms with Gasteiger partial charge in [0.2, 0.25) is 11.8 Å². The Morgan fingerprint density at radius 1 is 0.903 bits per heavy atom. The highest BCUT2D eigenvalue weighted by Gasteiger charge is 2.26. The Hall–Kier alpha value is -2.82. The number of nitrogens with two attached hydrogens (primary N) is 1. The molecule has 0 aliphatic heterocycles. The Balaban J connectivity index is 2.01. The summed E-state index contributed by atoms with van der Waals surface area (Å²) < 4.78 is 0. The number of nitrogens with one attached hydrogen (secondary N) is 1. The van der Waals surface area contributed by atoms with Gasteiger partial charge in [-0.3, -0.25) is 9.59 Å². The first kappa shape index (κ1) is 24.4. The summed E-state index contributed by atoms with van der Waals surface area (Å²) >= 11 is 0. The monoisotopic (exact) mass is 424 g/mol. The lowest BCUT2D eigenvalue weighted by Gasteiger charge is -2.28. The minimum absolute atomic E-state index is 0.0197. The predicted octanol–water partition coefficient (Wildman–Crippen LogP) is 4.38. The van der Waals surface area contributed by atoms with Gasteiger partial charge >= 0.3 is 0 Å². The van der Waals surface area contributed by atoms with E-state index in [0.29, 0.717) is 37.1 Å². The smallest absolute Gasteiger partial charge is 0.248 e. The quantitative estimate of drug-likeness (QED) is 0.616. The van der Waals surface area contributed by atoms with Crippen molar-refractivity contribution in [3.8, 4) is 5.75 Å². The van der Waals surface area contributed by atoms with Crippen molar-refractivity contribution in [2.24, 2.45) is 5.73 Å². The first-order valence-corrected chi connectivity index (χ1v) is 10.8. The van der Waals surface area contributed by atoms with E-state index < -0.39 is 5.91 Å². The van der Waals surface area contributed by atoms with Gasteiger partial charge in [-0.15, -0.1) is 0 Å². The number of hydrogen-bond donors (Lipinski definition) is 3. The Labute approximate surface area is 186 Å². The van der Waals surface area contributed by atoms with Gasteiger partial charge in [0.1, 0.15) is 5.75 Å². The van der Waals surface area contributed by atoms with Gasteiger partial charge < -0.3 is 16.2 Å². The van der Waals surface area contributed by atoms with E-state index >= 15 is 0 Å². The second-order valence-corrected chi connectivity index (χ2v) is 10.2. The molecule has 5 nitrogen and oxygen atoms in total. The molecule has 2 amide bonds. The molecule has 31 heavy (non-hydrogen) atoms. The lowest BCUT2D eigenvalue weighted by atomic mass is 9.78. The molecule has 5 heteroatoms. The third-order valence-electron chi connectivity index (χ3n) is 5.37. The number of aryl methyl sites for hydroxylation is 1. The van der Waals surface area contributed by atoms with Crippen LogP contribution in [0.15, 0.2) is 36.4 Å². The average Bonchev–Trinajstić information content (AvgIpc) is 2.65. The fourth-order valence-electron chi connectivity index (χ4n) is 3.55. The highest BCUT2D eigenvalue weighted by molar-refractivity contribution is 5.92. The number of phenolic OH excluding ortho intramolecular Hbond substituents is 1. The molecule has 4 N–H and O–H groups in total. The molecule has 0 spiro atoms. The molecule has 0 bridgehead atoms. The molecule has 0 heterocycles. The van der Waals surface area contributed by atoms with Crippen LogP contribution in [0.25, 0.3) is 0 Å². The van der Waals surface area contributed by atoms with Crippen LogP contribution in [0.4, 0.5) is 0 Å². The van der Waals surface area contributed by atoms with Crippen molar-refractivity contribution in [1.82, 2.24) is 5.32 Å². The van der Waals surface area contributed by atoms with Crippen LogP contribution in [0.3, 0.4) is 0 Å². The third kappa shape index (κ3) is 6.84. The summed E-state index contributed by atoms with van der Waals surface area (Å²) in [7, 11) is 0. The highest BCUT2D eigenvalue weighted by atomic mass is 16.3. The van der Waals surface area contributed by atoms with Gasteiger partial charge in [0.05, 0.1) is 0 Å². The van der Waals surface area contributed by atoms with E-state index in [4.69, 9.17) is 5.73 Å². The zero-order chi connectivity index (χ0) is 23.4. The normalized spacial score (nSPS) is 11.9. The summed E-state index contributed by atoms with van der Waals surface area (Å²) in [6, 6.07) is 11.2. The van der Waals surface area contributed by atoms with Crippen LogP contribution in [-0.2, 0) is 28.5 Å². The second kappa shape index (κ2) is 9.54. The van der Waals surface area contributed by atoms with Gasteiger partial charge in [0.15, 0.2) is 0 Å². The van der Waals surface area contributed by atoms with Gasteiger partial charge in [0.25, 0.3) is 0 Å². The SMILES string of the molecule is CC(C)(C)c1cc(CCC(=O)NCCc2cccc(C(N)=O)c2)cc(C(C)(C)C)c1O. The second-order valence-electron chi connectivity index (χ2n) is 10.2. The highest BCUT2D eigenvalue weighted by Crippen LogP contribution is 2.39. The van der Waals surface area contributed by atoms with Gasteiger partial charge in [-0.05, 0) is 58.1 Å². The third-order valence-corrected chi connectivity index (χ3v) is 5.37. The Kier molecular flexibility index (Phi) is 7.53. The number of benzene rings is 2. The van der Waals surface area contributed by atoms with Crippen molar-refractivity contribution < 1.29 is 14.7 Å². The molecular weight excluding hydrogens is 388 g/mol. The summed E-state index contributed by atoms with van der Waals surface area (Å²) in [5.74, 6) is -0.121. The van der Waals surface area contributed by atoms with Crippen molar-refractivity contribution >= 4 is 11.8 Å². The number of amides is 2. The number of carbonyl (C=O) groups is 2. The van der Waals surface area contributed by atoms with Crippen molar-refractivity contribution in [3.63, 3.8) is 0 Å². The fraction of sp³-hybridized carbons (Fsp3) is 0.462. The molecule has 2 rings (SSSR count). The largest absolute Gasteiger partial charge is 0.507 e. The molecule has 0 aromatic heterocycles. The van der Waals surface area contributed by atoms with E-state index in [9.17, 15) is 14.7 Å². The number of aromatic hydroxyl groups is 1. The van der Waals surface area contributed by atoms with Crippen LogP contribution in [0.2, 0.25) is 0 Å². The molecule has 0 unspecified atom stereocenters. The van der Waals surface area contributed by atoms with Crippen LogP contribution in [0.1, 0.15) is 80.6 Å². The molecule has 0 aliphatic carbocycles. The predicted molar refractivity (Wildman–Crippen MR) is 126 cm³/mol. The van der Waals surface area contributed by atoms with E-state index in [2.05, 4.69) is 46.9 Å². The first-order chi connectivity index (χ1) is 14.3. The summed E-state index contributed by atoms with van der Waals surface area (Å²) in [5.41, 5.74) is 9.23. The number of primary amides is 1. The summed E-state index contributed by atoms with van der Waals surface area (Å²) in [6.45, 7) is 13.0. The molecular formula is C26H36N2O3. The molecule has 2 aromatic rings. The Bertz CT molecular complexity index is 915. The summed E-state index contributed by atoms with van der Waals surface area (Å²) in [4.78, 5) is 23.7. The van der Waals surface area contributed by atoms with Crippen molar-refractivity contribution in [2.45, 2.75) is 71.6 Å². The maximum Gasteiger partial charge on any atom is 0.248 e. The van der Waals surface area contributed by atoms with Crippen LogP contribution in [0, 0.1) is 0 Å². The standard InChI is InChI=1S/C26H36N2O3/c1-25(2,3)20-15-18(16-21(23(20)30)26(4,5)6)10-11-22(29)28-13-12-17-8-7-9-19(14-17)24(27)31/h7-9,14-16,30H,10-13H2,1-6H3,(H2,27,31)(H,28,29). The van der Waals surface area contributed by atoms with E-state index in [1.165, 1.54) is 0 Å². The molecule has 0 radical (unpaired) electrons. The van der Waals surface area contributed by atoms with E-state index in [0.717, 1.165) is 22.3 Å². The molecule has 0 fully saturated rings. The minimum Gasteiger partial charge on any atom is -0.507 e.